The summed E-state index contributed by atoms with van der Waals surface area (Å²) in [6.07, 6.45) is 1.61. The highest BCUT2D eigenvalue weighted by Gasteiger charge is 2.12. The number of nitro benzene ring substituents is 1. The summed E-state index contributed by atoms with van der Waals surface area (Å²) in [5, 5.41) is 22.1. The van der Waals surface area contributed by atoms with Gasteiger partial charge in [0.1, 0.15) is 0 Å². The van der Waals surface area contributed by atoms with Gasteiger partial charge in [0.15, 0.2) is 0 Å². The van der Waals surface area contributed by atoms with Crippen LogP contribution in [0, 0.1) is 10.1 Å². The van der Waals surface area contributed by atoms with Crippen LogP contribution in [0.25, 0.3) is 16.9 Å². The van der Waals surface area contributed by atoms with E-state index in [4.69, 9.17) is 11.6 Å². The van der Waals surface area contributed by atoms with Crippen molar-refractivity contribution >= 4 is 34.8 Å². The molecule has 0 radical (unpaired) electrons. The fourth-order valence-corrected chi connectivity index (χ4v) is 3.93. The summed E-state index contributed by atoms with van der Waals surface area (Å²) in [5.41, 5.74) is 3.46. The molecule has 0 aliphatic rings. The Morgan fingerprint density at radius 3 is 2.37 bits per heavy atom. The Hall–Kier alpha value is -3.55. The lowest BCUT2D eigenvalue weighted by Crippen LogP contribution is -2.13. The second-order valence-corrected chi connectivity index (χ2v) is 7.49. The number of non-ortho nitro benzene ring substituents is 1. The molecule has 4 rings (SSSR count). The molecule has 8 heteroatoms. The number of hydrogen-bond donors (Lipinski definition) is 0. The zero-order valence-electron chi connectivity index (χ0n) is 15.6. The molecule has 0 unspecified atom stereocenters. The van der Waals surface area contributed by atoms with E-state index < -0.39 is 4.92 Å². The Bertz CT molecular complexity index is 1280. The number of hydrogen-bond acceptors (Lipinski definition) is 5. The van der Waals surface area contributed by atoms with Crippen molar-refractivity contribution in [2.45, 2.75) is 0 Å². The first-order chi connectivity index (χ1) is 14.6. The first-order valence-corrected chi connectivity index (χ1v) is 10.2. The zero-order chi connectivity index (χ0) is 20.9. The molecule has 1 aromatic heterocycles. The average molecular weight is 435 g/mol. The minimum Gasteiger partial charge on any atom is -0.284 e. The zero-order valence-corrected chi connectivity index (χ0v) is 17.1. The number of halogens is 1. The summed E-state index contributed by atoms with van der Waals surface area (Å²) in [5.74, 6) is 0. The molecule has 3 aromatic carbocycles. The normalized spacial score (nSPS) is 11.8. The van der Waals surface area contributed by atoms with E-state index in [-0.39, 0.29) is 5.69 Å². The van der Waals surface area contributed by atoms with Crippen LogP contribution in [0.5, 0.6) is 0 Å². The molecule has 0 bridgehead atoms. The molecule has 0 saturated carbocycles. The minimum atomic E-state index is -0.410. The van der Waals surface area contributed by atoms with E-state index in [0.717, 1.165) is 22.5 Å². The molecule has 0 atom stereocenters. The number of para-hydroxylation sites is 1. The third-order valence-corrected chi connectivity index (χ3v) is 5.50. The van der Waals surface area contributed by atoms with Gasteiger partial charge >= 0.3 is 0 Å². The minimum absolute atomic E-state index is 0.0505. The first-order valence-electron chi connectivity index (χ1n) is 8.96. The summed E-state index contributed by atoms with van der Waals surface area (Å²) in [7, 11) is 0. The van der Waals surface area contributed by atoms with E-state index >= 15 is 0 Å². The highest BCUT2D eigenvalue weighted by molar-refractivity contribution is 7.07. The first kappa shape index (κ1) is 19.8. The molecule has 0 saturated heterocycles. The molecule has 6 nitrogen and oxygen atoms in total. The molecule has 0 spiro atoms. The summed E-state index contributed by atoms with van der Waals surface area (Å²) in [6, 6.07) is 23.6. The van der Waals surface area contributed by atoms with Crippen LogP contribution in [0.1, 0.15) is 5.56 Å². The van der Waals surface area contributed by atoms with Crippen molar-refractivity contribution in [3.8, 4) is 16.9 Å². The number of thiazole rings is 1. The predicted octanol–water partition coefficient (Wildman–Crippen LogP) is 5.70. The number of aromatic nitrogens is 1. The van der Waals surface area contributed by atoms with E-state index in [9.17, 15) is 10.1 Å². The lowest BCUT2D eigenvalue weighted by atomic mass is 10.1. The highest BCUT2D eigenvalue weighted by Crippen LogP contribution is 2.25. The number of nitrogens with zero attached hydrogens (tertiary/aromatic N) is 4. The van der Waals surface area contributed by atoms with Gasteiger partial charge in [-0.2, -0.15) is 5.10 Å². The Labute approximate surface area is 181 Å². The average Bonchev–Trinajstić information content (AvgIpc) is 3.19. The molecule has 4 aromatic rings. The van der Waals surface area contributed by atoms with E-state index in [1.165, 1.54) is 23.5 Å². The van der Waals surface area contributed by atoms with E-state index in [1.54, 1.807) is 24.4 Å². The molecule has 0 aliphatic carbocycles. The van der Waals surface area contributed by atoms with Crippen LogP contribution in [0.4, 0.5) is 5.69 Å². The van der Waals surface area contributed by atoms with Crippen molar-refractivity contribution in [2.24, 2.45) is 10.2 Å². The lowest BCUT2D eigenvalue weighted by molar-refractivity contribution is -0.384. The molecule has 148 valence electrons. The van der Waals surface area contributed by atoms with Crippen molar-refractivity contribution in [3.63, 3.8) is 0 Å². The highest BCUT2D eigenvalue weighted by atomic mass is 35.5. The van der Waals surface area contributed by atoms with Gasteiger partial charge < -0.3 is 0 Å². The van der Waals surface area contributed by atoms with Gasteiger partial charge in [-0.1, -0.05) is 48.0 Å². The Kier molecular flexibility index (Phi) is 5.83. The standard InChI is InChI=1S/C22H15ClN4O2S/c23-20-9-5-4-6-17(20)14-24-25-22-26(18-7-2-1-3-8-18)21(15-30-22)16-10-12-19(13-11-16)27(28)29/h1-15H. The lowest BCUT2D eigenvalue weighted by Gasteiger charge is -2.08. The maximum atomic E-state index is 11.0. The summed E-state index contributed by atoms with van der Waals surface area (Å²) in [6.45, 7) is 0. The van der Waals surface area contributed by atoms with Crippen molar-refractivity contribution < 1.29 is 4.92 Å². The van der Waals surface area contributed by atoms with Crippen LogP contribution in [-0.2, 0) is 0 Å². The van der Waals surface area contributed by atoms with Crippen LogP contribution in [0.3, 0.4) is 0 Å². The van der Waals surface area contributed by atoms with E-state index in [2.05, 4.69) is 10.2 Å². The van der Waals surface area contributed by atoms with E-state index in [0.29, 0.717) is 9.82 Å². The molecular weight excluding hydrogens is 420 g/mol. The fraction of sp³-hybridized carbons (Fsp3) is 0. The van der Waals surface area contributed by atoms with Gasteiger partial charge in [0.2, 0.25) is 4.80 Å². The summed E-state index contributed by atoms with van der Waals surface area (Å²) < 4.78 is 1.97. The van der Waals surface area contributed by atoms with Crippen molar-refractivity contribution in [3.05, 3.63) is 110 Å². The van der Waals surface area contributed by atoms with Crippen LogP contribution in [0.2, 0.25) is 5.02 Å². The van der Waals surface area contributed by atoms with Gasteiger partial charge in [-0.3, -0.25) is 14.7 Å². The van der Waals surface area contributed by atoms with Gasteiger partial charge in [-0.05, 0) is 35.9 Å². The second kappa shape index (κ2) is 8.86. The van der Waals surface area contributed by atoms with Crippen LogP contribution in [0.15, 0.2) is 94.4 Å². The van der Waals surface area contributed by atoms with Crippen LogP contribution < -0.4 is 4.80 Å². The molecule has 1 heterocycles. The third kappa shape index (κ3) is 4.22. The molecule has 0 amide bonds. The quantitative estimate of drug-likeness (QED) is 0.229. The van der Waals surface area contributed by atoms with Crippen molar-refractivity contribution in [1.29, 1.82) is 0 Å². The molecule has 0 N–H and O–H groups in total. The number of rotatable bonds is 5. The molecular formula is C22H15ClN4O2S. The monoisotopic (exact) mass is 434 g/mol. The van der Waals surface area contributed by atoms with Crippen LogP contribution >= 0.6 is 22.9 Å². The Morgan fingerprint density at radius 2 is 1.67 bits per heavy atom. The summed E-state index contributed by atoms with van der Waals surface area (Å²) in [4.78, 5) is 11.2. The molecule has 0 fully saturated rings. The van der Waals surface area contributed by atoms with Crippen molar-refractivity contribution in [2.75, 3.05) is 0 Å². The van der Waals surface area contributed by atoms with Gasteiger partial charge in [0, 0.05) is 33.8 Å². The maximum absolute atomic E-state index is 11.0. The smallest absolute Gasteiger partial charge is 0.269 e. The number of benzene rings is 3. The number of nitro groups is 1. The molecule has 0 aliphatic heterocycles. The summed E-state index contributed by atoms with van der Waals surface area (Å²) >= 11 is 7.60. The Balaban J connectivity index is 1.80. The SMILES string of the molecule is O=[N+]([O-])c1ccc(-c2csc(=NN=Cc3ccccc3Cl)n2-c2ccccc2)cc1. The predicted molar refractivity (Wildman–Crippen MR) is 120 cm³/mol. The second-order valence-electron chi connectivity index (χ2n) is 6.24. The third-order valence-electron chi connectivity index (χ3n) is 4.34. The largest absolute Gasteiger partial charge is 0.284 e. The van der Waals surface area contributed by atoms with Gasteiger partial charge in [-0.15, -0.1) is 16.4 Å². The van der Waals surface area contributed by atoms with E-state index in [1.807, 2.05) is 58.5 Å². The maximum Gasteiger partial charge on any atom is 0.269 e. The molecule has 30 heavy (non-hydrogen) atoms. The van der Waals surface area contributed by atoms with Crippen LogP contribution in [-0.4, -0.2) is 15.7 Å². The topological polar surface area (TPSA) is 72.8 Å². The Morgan fingerprint density at radius 1 is 0.967 bits per heavy atom. The fourth-order valence-electron chi connectivity index (χ4n) is 2.88. The van der Waals surface area contributed by atoms with Gasteiger partial charge in [0.05, 0.1) is 16.8 Å². The van der Waals surface area contributed by atoms with Crippen molar-refractivity contribution in [1.82, 2.24) is 4.57 Å². The van der Waals surface area contributed by atoms with Gasteiger partial charge in [0.25, 0.3) is 5.69 Å². The van der Waals surface area contributed by atoms with Gasteiger partial charge in [-0.25, -0.2) is 0 Å².